The van der Waals surface area contributed by atoms with Crippen molar-refractivity contribution in [3.63, 3.8) is 0 Å². The smallest absolute Gasteiger partial charge is 0.137 e. The maximum Gasteiger partial charge on any atom is 0.137 e. The quantitative estimate of drug-likeness (QED) is 0.835. The van der Waals surface area contributed by atoms with Gasteiger partial charge >= 0.3 is 0 Å². The Balaban J connectivity index is 1.85. The number of aliphatic hydroxyl groups is 1. The van der Waals surface area contributed by atoms with Gasteiger partial charge in [-0.15, -0.1) is 0 Å². The average Bonchev–Trinajstić information content (AvgIpc) is 2.63. The van der Waals surface area contributed by atoms with Crippen molar-refractivity contribution in [2.24, 2.45) is 11.8 Å². The van der Waals surface area contributed by atoms with Crippen molar-refractivity contribution in [2.45, 2.75) is 58.0 Å². The highest BCUT2D eigenvalue weighted by Crippen LogP contribution is 2.31. The fourth-order valence-electron chi connectivity index (χ4n) is 3.56. The van der Waals surface area contributed by atoms with Gasteiger partial charge in [-0.2, -0.15) is 0 Å². The highest BCUT2D eigenvalue weighted by Gasteiger charge is 2.35. The summed E-state index contributed by atoms with van der Waals surface area (Å²) >= 11 is 0. The number of nitrogens with zero attached hydrogens (tertiary/aromatic N) is 1. The molecular weight excluding hydrogens is 226 g/mol. The number of ketones is 1. The van der Waals surface area contributed by atoms with E-state index in [4.69, 9.17) is 0 Å². The molecule has 0 aromatic heterocycles. The SMILES string of the molecule is CCCC1CCC(=O)C(CN2CCC(C)(O)C2)C1. The largest absolute Gasteiger partial charge is 0.389 e. The summed E-state index contributed by atoms with van der Waals surface area (Å²) in [7, 11) is 0. The molecule has 2 aliphatic rings. The highest BCUT2D eigenvalue weighted by atomic mass is 16.3. The maximum absolute atomic E-state index is 12.0. The van der Waals surface area contributed by atoms with Gasteiger partial charge in [-0.3, -0.25) is 9.69 Å². The summed E-state index contributed by atoms with van der Waals surface area (Å²) in [6.07, 6.45) is 6.28. The number of rotatable bonds is 4. The third-order valence-corrected chi connectivity index (χ3v) is 4.58. The predicted molar refractivity (Wildman–Crippen MR) is 72.4 cm³/mol. The monoisotopic (exact) mass is 253 g/mol. The lowest BCUT2D eigenvalue weighted by Gasteiger charge is -2.31. The Hall–Kier alpha value is -0.410. The molecule has 1 saturated carbocycles. The summed E-state index contributed by atoms with van der Waals surface area (Å²) in [6.45, 7) is 6.67. The molecule has 2 fully saturated rings. The number of hydrogen-bond donors (Lipinski definition) is 1. The Morgan fingerprint density at radius 1 is 1.50 bits per heavy atom. The van der Waals surface area contributed by atoms with Crippen molar-refractivity contribution >= 4 is 5.78 Å². The first kappa shape index (κ1) is 14.0. The number of β-amino-alcohol motifs (C(OH)–C–C–N with tert-alkyl or cyclic N) is 1. The van der Waals surface area contributed by atoms with Crippen molar-refractivity contribution in [3.05, 3.63) is 0 Å². The van der Waals surface area contributed by atoms with E-state index in [1.807, 2.05) is 6.92 Å². The molecule has 3 atom stereocenters. The van der Waals surface area contributed by atoms with Crippen molar-refractivity contribution < 1.29 is 9.90 Å². The lowest BCUT2D eigenvalue weighted by Crippen LogP contribution is -2.37. The molecule has 0 radical (unpaired) electrons. The number of likely N-dealkylation sites (tertiary alicyclic amines) is 1. The van der Waals surface area contributed by atoms with Crippen LogP contribution in [0.5, 0.6) is 0 Å². The molecule has 3 nitrogen and oxygen atoms in total. The van der Waals surface area contributed by atoms with Crippen LogP contribution in [-0.2, 0) is 4.79 Å². The van der Waals surface area contributed by atoms with Crippen molar-refractivity contribution in [3.8, 4) is 0 Å². The molecular formula is C15H27NO2. The van der Waals surface area contributed by atoms with Crippen molar-refractivity contribution in [1.29, 1.82) is 0 Å². The zero-order valence-corrected chi connectivity index (χ0v) is 11.8. The number of Topliss-reactive ketones (excluding diaryl/α,β-unsaturated/α-hetero) is 1. The third-order valence-electron chi connectivity index (χ3n) is 4.58. The Morgan fingerprint density at radius 2 is 2.28 bits per heavy atom. The molecule has 0 aromatic rings. The Morgan fingerprint density at radius 3 is 2.89 bits per heavy atom. The lowest BCUT2D eigenvalue weighted by atomic mass is 9.78. The van der Waals surface area contributed by atoms with Gasteiger partial charge < -0.3 is 5.11 Å². The average molecular weight is 253 g/mol. The first-order valence-corrected chi connectivity index (χ1v) is 7.47. The van der Waals surface area contributed by atoms with E-state index in [2.05, 4.69) is 11.8 Å². The highest BCUT2D eigenvalue weighted by molar-refractivity contribution is 5.81. The molecule has 1 aliphatic heterocycles. The van der Waals surface area contributed by atoms with Gasteiger partial charge in [0.1, 0.15) is 5.78 Å². The van der Waals surface area contributed by atoms with Gasteiger partial charge in [0, 0.05) is 32.0 Å². The third kappa shape index (κ3) is 3.55. The van der Waals surface area contributed by atoms with Crippen LogP contribution in [0.1, 0.15) is 52.4 Å². The van der Waals surface area contributed by atoms with Gasteiger partial charge in [0.2, 0.25) is 0 Å². The molecule has 0 spiro atoms. The molecule has 3 unspecified atom stereocenters. The molecule has 3 heteroatoms. The van der Waals surface area contributed by atoms with Crippen LogP contribution in [0.25, 0.3) is 0 Å². The van der Waals surface area contributed by atoms with Crippen LogP contribution in [0.3, 0.4) is 0 Å². The van der Waals surface area contributed by atoms with Crippen molar-refractivity contribution in [2.75, 3.05) is 19.6 Å². The summed E-state index contributed by atoms with van der Waals surface area (Å²) < 4.78 is 0. The van der Waals surface area contributed by atoms with Gasteiger partial charge in [0.05, 0.1) is 5.60 Å². The van der Waals surface area contributed by atoms with E-state index in [1.54, 1.807) is 0 Å². The second-order valence-electron chi connectivity index (χ2n) is 6.57. The molecule has 18 heavy (non-hydrogen) atoms. The van der Waals surface area contributed by atoms with Crippen LogP contribution in [-0.4, -0.2) is 41.0 Å². The molecule has 1 aliphatic carbocycles. The van der Waals surface area contributed by atoms with Crippen molar-refractivity contribution in [1.82, 2.24) is 4.90 Å². The first-order chi connectivity index (χ1) is 8.50. The molecule has 1 heterocycles. The zero-order chi connectivity index (χ0) is 13.2. The molecule has 104 valence electrons. The first-order valence-electron chi connectivity index (χ1n) is 7.47. The minimum atomic E-state index is -0.541. The molecule has 0 amide bonds. The standard InChI is InChI=1S/C15H27NO2/c1-3-4-12-5-6-14(17)13(9-12)10-16-8-7-15(2,18)11-16/h12-13,18H,3-11H2,1-2H3. The van der Waals surface area contributed by atoms with E-state index in [0.717, 1.165) is 51.2 Å². The number of carbonyl (C=O) groups excluding carboxylic acids is 1. The summed E-state index contributed by atoms with van der Waals surface area (Å²) in [5.41, 5.74) is -0.541. The topological polar surface area (TPSA) is 40.5 Å². The van der Waals surface area contributed by atoms with Crippen LogP contribution < -0.4 is 0 Å². The van der Waals surface area contributed by atoms with Crippen LogP contribution in [0.4, 0.5) is 0 Å². The van der Waals surface area contributed by atoms with Gasteiger partial charge in [0.25, 0.3) is 0 Å². The predicted octanol–water partition coefficient (Wildman–Crippen LogP) is 2.23. The molecule has 1 N–H and O–H groups in total. The maximum atomic E-state index is 12.0. The lowest BCUT2D eigenvalue weighted by molar-refractivity contribution is -0.126. The Labute approximate surface area is 111 Å². The Bertz CT molecular complexity index is 301. The minimum absolute atomic E-state index is 0.226. The number of carbonyl (C=O) groups is 1. The molecule has 2 rings (SSSR count). The summed E-state index contributed by atoms with van der Waals surface area (Å²) in [6, 6.07) is 0. The van der Waals surface area contributed by atoms with E-state index in [1.165, 1.54) is 12.8 Å². The second kappa shape index (κ2) is 5.70. The normalized spacial score (nSPS) is 38.3. The van der Waals surface area contributed by atoms with E-state index in [-0.39, 0.29) is 5.92 Å². The van der Waals surface area contributed by atoms with E-state index in [0.29, 0.717) is 5.78 Å². The van der Waals surface area contributed by atoms with E-state index >= 15 is 0 Å². The number of hydrogen-bond acceptors (Lipinski definition) is 3. The van der Waals surface area contributed by atoms with Gasteiger partial charge in [-0.1, -0.05) is 19.8 Å². The summed E-state index contributed by atoms with van der Waals surface area (Å²) in [4.78, 5) is 14.3. The molecule has 1 saturated heterocycles. The zero-order valence-electron chi connectivity index (χ0n) is 11.8. The van der Waals surface area contributed by atoms with Crippen LogP contribution in [0, 0.1) is 11.8 Å². The summed E-state index contributed by atoms with van der Waals surface area (Å²) in [5, 5.41) is 9.97. The fraction of sp³-hybridized carbons (Fsp3) is 0.933. The Kier molecular flexibility index (Phi) is 4.44. The van der Waals surface area contributed by atoms with Gasteiger partial charge in [-0.25, -0.2) is 0 Å². The van der Waals surface area contributed by atoms with E-state index < -0.39 is 5.60 Å². The molecule has 0 aromatic carbocycles. The van der Waals surface area contributed by atoms with Crippen LogP contribution in [0.2, 0.25) is 0 Å². The van der Waals surface area contributed by atoms with Crippen LogP contribution in [0.15, 0.2) is 0 Å². The minimum Gasteiger partial charge on any atom is -0.389 e. The van der Waals surface area contributed by atoms with Gasteiger partial charge in [0.15, 0.2) is 0 Å². The summed E-state index contributed by atoms with van der Waals surface area (Å²) in [5.74, 6) is 1.43. The molecule has 0 bridgehead atoms. The van der Waals surface area contributed by atoms with Gasteiger partial charge in [-0.05, 0) is 32.1 Å². The van der Waals surface area contributed by atoms with Crippen LogP contribution >= 0.6 is 0 Å². The van der Waals surface area contributed by atoms with E-state index in [9.17, 15) is 9.90 Å². The fourth-order valence-corrected chi connectivity index (χ4v) is 3.56. The second-order valence-corrected chi connectivity index (χ2v) is 6.57.